The molecule has 1 unspecified atom stereocenters. The fourth-order valence-electron chi connectivity index (χ4n) is 1.28. The number of pyridine rings is 1. The second-order valence-corrected chi connectivity index (χ2v) is 4.34. The molecule has 2 N–H and O–H groups in total. The predicted octanol–water partition coefficient (Wildman–Crippen LogP) is 1.69. The number of ether oxygens (including phenoxy) is 1. The summed E-state index contributed by atoms with van der Waals surface area (Å²) in [5.74, 6) is 0.442. The van der Waals surface area contributed by atoms with Crippen molar-refractivity contribution in [2.45, 2.75) is 26.9 Å². The number of esters is 1. The number of nitrogens with zero attached hydrogens (tertiary/aromatic N) is 1. The smallest absolute Gasteiger partial charge is 0.339 e. The molecule has 0 aliphatic heterocycles. The first-order valence-electron chi connectivity index (χ1n) is 6.09. The van der Waals surface area contributed by atoms with Crippen molar-refractivity contribution in [3.8, 4) is 0 Å². The van der Waals surface area contributed by atoms with Crippen molar-refractivity contribution in [3.63, 3.8) is 0 Å². The molecule has 5 nitrogen and oxygen atoms in total. The Morgan fingerprint density at radius 1 is 1.50 bits per heavy atom. The highest BCUT2D eigenvalue weighted by atomic mass is 16.5. The van der Waals surface area contributed by atoms with Crippen molar-refractivity contribution in [2.24, 2.45) is 5.92 Å². The van der Waals surface area contributed by atoms with Gasteiger partial charge in [0.15, 0.2) is 0 Å². The van der Waals surface area contributed by atoms with Gasteiger partial charge in [-0.15, -0.1) is 0 Å². The number of aliphatic hydroxyl groups is 1. The molecule has 0 saturated carbocycles. The Kier molecular flexibility index (Phi) is 5.58. The van der Waals surface area contributed by atoms with Crippen LogP contribution in [0, 0.1) is 5.92 Å². The molecule has 100 valence electrons. The van der Waals surface area contributed by atoms with Gasteiger partial charge in [0.1, 0.15) is 5.82 Å². The summed E-state index contributed by atoms with van der Waals surface area (Å²) in [6.07, 6.45) is 1.04. The number of aromatic nitrogens is 1. The van der Waals surface area contributed by atoms with Gasteiger partial charge in [-0.25, -0.2) is 9.78 Å². The van der Waals surface area contributed by atoms with Crippen LogP contribution in [0.3, 0.4) is 0 Å². The third kappa shape index (κ3) is 4.33. The summed E-state index contributed by atoms with van der Waals surface area (Å²) >= 11 is 0. The zero-order valence-electron chi connectivity index (χ0n) is 11.0. The van der Waals surface area contributed by atoms with Gasteiger partial charge in [0.2, 0.25) is 0 Å². The molecule has 0 saturated heterocycles. The standard InChI is InChI=1S/C13H20N2O3/c1-4-18-13(17)10-5-6-12(14-7-10)15-8-11(16)9(2)3/h5-7,9,11,16H,4,8H2,1-3H3,(H,14,15). The van der Waals surface area contributed by atoms with E-state index in [-0.39, 0.29) is 11.9 Å². The van der Waals surface area contributed by atoms with E-state index in [2.05, 4.69) is 10.3 Å². The lowest BCUT2D eigenvalue weighted by molar-refractivity contribution is 0.0526. The summed E-state index contributed by atoms with van der Waals surface area (Å²) < 4.78 is 4.86. The third-order valence-electron chi connectivity index (χ3n) is 2.54. The number of carbonyl (C=O) groups is 1. The zero-order chi connectivity index (χ0) is 13.5. The van der Waals surface area contributed by atoms with Crippen molar-refractivity contribution in [1.82, 2.24) is 4.98 Å². The number of hydrogen-bond donors (Lipinski definition) is 2. The highest BCUT2D eigenvalue weighted by Gasteiger charge is 2.10. The molecule has 1 atom stereocenters. The number of aliphatic hydroxyl groups excluding tert-OH is 1. The number of anilines is 1. The lowest BCUT2D eigenvalue weighted by Gasteiger charge is -2.15. The van der Waals surface area contributed by atoms with Gasteiger partial charge < -0.3 is 15.2 Å². The van der Waals surface area contributed by atoms with Gasteiger partial charge >= 0.3 is 5.97 Å². The Hall–Kier alpha value is -1.62. The van der Waals surface area contributed by atoms with E-state index in [4.69, 9.17) is 4.74 Å². The monoisotopic (exact) mass is 252 g/mol. The highest BCUT2D eigenvalue weighted by Crippen LogP contribution is 2.08. The van der Waals surface area contributed by atoms with Crippen molar-refractivity contribution in [2.75, 3.05) is 18.5 Å². The molecule has 18 heavy (non-hydrogen) atoms. The highest BCUT2D eigenvalue weighted by molar-refractivity contribution is 5.89. The molecule has 0 bridgehead atoms. The van der Waals surface area contributed by atoms with E-state index in [0.717, 1.165) is 0 Å². The lowest BCUT2D eigenvalue weighted by Crippen LogP contribution is -2.25. The second kappa shape index (κ2) is 6.96. The first-order chi connectivity index (χ1) is 8.54. The van der Waals surface area contributed by atoms with Crippen LogP contribution < -0.4 is 5.32 Å². The van der Waals surface area contributed by atoms with Gasteiger partial charge in [-0.3, -0.25) is 0 Å². The Bertz CT molecular complexity index is 376. The molecule has 0 amide bonds. The van der Waals surface area contributed by atoms with Crippen LogP contribution in [0.1, 0.15) is 31.1 Å². The van der Waals surface area contributed by atoms with Crippen LogP contribution in [0.2, 0.25) is 0 Å². The van der Waals surface area contributed by atoms with E-state index in [9.17, 15) is 9.90 Å². The Balaban J connectivity index is 2.53. The minimum atomic E-state index is -0.420. The Morgan fingerprint density at radius 3 is 2.72 bits per heavy atom. The molecule has 5 heteroatoms. The molecule has 0 spiro atoms. The fourth-order valence-corrected chi connectivity index (χ4v) is 1.28. The summed E-state index contributed by atoms with van der Waals surface area (Å²) in [4.78, 5) is 15.5. The zero-order valence-corrected chi connectivity index (χ0v) is 11.0. The number of hydrogen-bond acceptors (Lipinski definition) is 5. The molecule has 0 aromatic carbocycles. The third-order valence-corrected chi connectivity index (χ3v) is 2.54. The van der Waals surface area contributed by atoms with E-state index >= 15 is 0 Å². The van der Waals surface area contributed by atoms with E-state index < -0.39 is 6.10 Å². The molecule has 1 heterocycles. The SMILES string of the molecule is CCOC(=O)c1ccc(NCC(O)C(C)C)nc1. The Labute approximate surface area is 107 Å². The largest absolute Gasteiger partial charge is 0.462 e. The maximum Gasteiger partial charge on any atom is 0.339 e. The second-order valence-electron chi connectivity index (χ2n) is 4.34. The molecular weight excluding hydrogens is 232 g/mol. The topological polar surface area (TPSA) is 71.5 Å². The summed E-state index contributed by atoms with van der Waals surface area (Å²) in [5.41, 5.74) is 0.423. The average molecular weight is 252 g/mol. The van der Waals surface area contributed by atoms with Gasteiger partial charge in [0.05, 0.1) is 18.3 Å². The van der Waals surface area contributed by atoms with Gasteiger partial charge in [-0.05, 0) is 25.0 Å². The van der Waals surface area contributed by atoms with Crippen LogP contribution in [-0.2, 0) is 4.74 Å². The molecule has 0 radical (unpaired) electrons. The predicted molar refractivity (Wildman–Crippen MR) is 69.5 cm³/mol. The number of rotatable bonds is 6. The fraction of sp³-hybridized carbons (Fsp3) is 0.538. The van der Waals surface area contributed by atoms with Gasteiger partial charge in [-0.2, -0.15) is 0 Å². The van der Waals surface area contributed by atoms with Crippen LogP contribution in [0.4, 0.5) is 5.82 Å². The Morgan fingerprint density at radius 2 is 2.22 bits per heavy atom. The summed E-state index contributed by atoms with van der Waals surface area (Å²) in [5, 5.41) is 12.6. The maximum atomic E-state index is 11.4. The van der Waals surface area contributed by atoms with Crippen molar-refractivity contribution in [3.05, 3.63) is 23.9 Å². The molecule has 0 fully saturated rings. The van der Waals surface area contributed by atoms with Crippen LogP contribution >= 0.6 is 0 Å². The van der Waals surface area contributed by atoms with E-state index in [0.29, 0.717) is 24.5 Å². The van der Waals surface area contributed by atoms with Gasteiger partial charge in [-0.1, -0.05) is 13.8 Å². The molecule has 1 aromatic heterocycles. The molecule has 1 aromatic rings. The van der Waals surface area contributed by atoms with Crippen LogP contribution in [-0.4, -0.2) is 35.3 Å². The van der Waals surface area contributed by atoms with E-state index in [1.54, 1.807) is 19.1 Å². The lowest BCUT2D eigenvalue weighted by atomic mass is 10.1. The van der Waals surface area contributed by atoms with Gasteiger partial charge in [0.25, 0.3) is 0 Å². The number of nitrogens with one attached hydrogen (secondary N) is 1. The van der Waals surface area contributed by atoms with Crippen LogP contribution in [0.25, 0.3) is 0 Å². The van der Waals surface area contributed by atoms with Crippen molar-refractivity contribution in [1.29, 1.82) is 0 Å². The minimum Gasteiger partial charge on any atom is -0.462 e. The first-order valence-corrected chi connectivity index (χ1v) is 6.09. The molecular formula is C13H20N2O3. The molecule has 0 aliphatic rings. The molecule has 1 rings (SSSR count). The number of carbonyl (C=O) groups excluding carboxylic acids is 1. The van der Waals surface area contributed by atoms with E-state index in [1.165, 1.54) is 6.20 Å². The first kappa shape index (κ1) is 14.4. The molecule has 0 aliphatic carbocycles. The summed E-state index contributed by atoms with van der Waals surface area (Å²) in [7, 11) is 0. The average Bonchev–Trinajstić information content (AvgIpc) is 2.36. The summed E-state index contributed by atoms with van der Waals surface area (Å²) in [6, 6.07) is 3.34. The van der Waals surface area contributed by atoms with E-state index in [1.807, 2.05) is 13.8 Å². The van der Waals surface area contributed by atoms with Crippen molar-refractivity contribution >= 4 is 11.8 Å². The van der Waals surface area contributed by atoms with Crippen LogP contribution in [0.15, 0.2) is 18.3 Å². The van der Waals surface area contributed by atoms with Gasteiger partial charge in [0, 0.05) is 12.7 Å². The summed E-state index contributed by atoms with van der Waals surface area (Å²) in [6.45, 7) is 6.44. The van der Waals surface area contributed by atoms with Crippen LogP contribution in [0.5, 0.6) is 0 Å². The van der Waals surface area contributed by atoms with Crippen molar-refractivity contribution < 1.29 is 14.6 Å². The minimum absolute atomic E-state index is 0.191. The quantitative estimate of drug-likeness (QED) is 0.754. The normalized spacial score (nSPS) is 12.3. The maximum absolute atomic E-state index is 11.4.